The van der Waals surface area contributed by atoms with Gasteiger partial charge in [-0.1, -0.05) is 4.71 Å². The van der Waals surface area contributed by atoms with E-state index in [4.69, 9.17) is 0 Å². The van der Waals surface area contributed by atoms with Gasteiger partial charge in [-0.25, -0.2) is 4.79 Å². The highest BCUT2D eigenvalue weighted by Crippen LogP contribution is 1.86. The summed E-state index contributed by atoms with van der Waals surface area (Å²) in [6.07, 6.45) is 0.208. The Morgan fingerprint density at radius 1 is 1.57 bits per heavy atom. The number of quaternary nitrogens is 1. The Morgan fingerprint density at radius 2 is 1.71 bits per heavy atom. The van der Waals surface area contributed by atoms with Gasteiger partial charge in [0.15, 0.2) is 0 Å². The van der Waals surface area contributed by atoms with Crippen LogP contribution in [-0.4, -0.2) is 25.2 Å². The minimum atomic E-state index is -1.11. The van der Waals surface area contributed by atoms with Crippen LogP contribution in [-0.2, 0) is 4.79 Å². The molecule has 0 unspecified atom stereocenters. The van der Waals surface area contributed by atoms with Gasteiger partial charge in [-0.15, -0.1) is 0 Å². The molecular formula is C3H7F2NO. The van der Waals surface area contributed by atoms with Crippen LogP contribution in [0.5, 0.6) is 0 Å². The zero-order valence-electron chi connectivity index (χ0n) is 4.19. The van der Waals surface area contributed by atoms with Crippen molar-refractivity contribution >= 4 is 6.41 Å². The van der Waals surface area contributed by atoms with Crippen molar-refractivity contribution in [3.63, 3.8) is 0 Å². The number of amides is 1. The molecule has 0 aliphatic heterocycles. The molecule has 44 valence electrons. The first-order valence-corrected chi connectivity index (χ1v) is 1.56. The molecule has 0 radical (unpaired) electrons. The summed E-state index contributed by atoms with van der Waals surface area (Å²) in [7, 11) is 2.29. The fourth-order valence-corrected chi connectivity index (χ4v) is 0. The van der Waals surface area contributed by atoms with Crippen molar-refractivity contribution in [2.75, 3.05) is 14.1 Å². The molecule has 2 nitrogen and oxygen atoms in total. The second-order valence-corrected chi connectivity index (χ2v) is 1.50. The summed E-state index contributed by atoms with van der Waals surface area (Å²) in [5.41, 5.74) is 0. The summed E-state index contributed by atoms with van der Waals surface area (Å²) in [5.74, 6) is 0. The van der Waals surface area contributed by atoms with E-state index in [1.807, 2.05) is 0 Å². The van der Waals surface area contributed by atoms with Crippen molar-refractivity contribution in [1.29, 1.82) is 0 Å². The summed E-state index contributed by atoms with van der Waals surface area (Å²) in [6, 6.07) is 0. The molecule has 0 aromatic rings. The van der Waals surface area contributed by atoms with Crippen LogP contribution in [0.3, 0.4) is 0 Å². The maximum atomic E-state index is 11.7. The summed E-state index contributed by atoms with van der Waals surface area (Å²) < 4.78 is 10.6. The fourth-order valence-electron chi connectivity index (χ4n) is 0. The molecule has 0 aliphatic rings. The normalized spacial score (nSPS) is 9.57. The topological polar surface area (TPSA) is 17.1 Å². The zero-order chi connectivity index (χ0) is 5.21. The highest BCUT2D eigenvalue weighted by molar-refractivity contribution is 5.35. The van der Waals surface area contributed by atoms with Crippen LogP contribution in [0, 0.1) is 0 Å². The molecule has 0 aromatic carbocycles. The van der Waals surface area contributed by atoms with Gasteiger partial charge in [0.1, 0.15) is 14.1 Å². The maximum absolute atomic E-state index is 11.7. The Labute approximate surface area is 40.4 Å². The first-order chi connectivity index (χ1) is 2.56. The van der Waals surface area contributed by atoms with Crippen molar-refractivity contribution in [2.24, 2.45) is 0 Å². The average Bonchev–Trinajstić information content (AvgIpc) is 1.35. The van der Waals surface area contributed by atoms with Crippen molar-refractivity contribution in [3.8, 4) is 0 Å². The standard InChI is InChI=1S/C3H7FNO.FH/c1-5(2,4)3-6;/h3H,1-2H3;1H/q+1;/p-1. The number of rotatable bonds is 1. The monoisotopic (exact) mass is 111 g/mol. The van der Waals surface area contributed by atoms with Crippen molar-refractivity contribution in [1.82, 2.24) is 0 Å². The van der Waals surface area contributed by atoms with E-state index >= 15 is 0 Å². The minimum Gasteiger partial charge on any atom is -1.00 e. The quantitative estimate of drug-likeness (QED) is 0.262. The molecule has 0 bridgehead atoms. The van der Waals surface area contributed by atoms with Crippen LogP contribution in [0.1, 0.15) is 0 Å². The number of carbonyl (C=O) groups is 1. The summed E-state index contributed by atoms with van der Waals surface area (Å²) in [5, 5.41) is 0. The Morgan fingerprint density at radius 3 is 1.71 bits per heavy atom. The van der Waals surface area contributed by atoms with Crippen LogP contribution in [0.4, 0.5) is 4.48 Å². The van der Waals surface area contributed by atoms with Crippen molar-refractivity contribution < 1.29 is 18.7 Å². The van der Waals surface area contributed by atoms with Crippen LogP contribution < -0.4 is 4.70 Å². The lowest BCUT2D eigenvalue weighted by molar-refractivity contribution is -0.949. The van der Waals surface area contributed by atoms with E-state index < -0.39 is 4.71 Å². The smallest absolute Gasteiger partial charge is 0.338 e. The molecule has 7 heavy (non-hydrogen) atoms. The van der Waals surface area contributed by atoms with E-state index in [0.717, 1.165) is 14.1 Å². The Kier molecular flexibility index (Phi) is 3.64. The first-order valence-electron chi connectivity index (χ1n) is 1.56. The molecule has 0 aromatic heterocycles. The number of nitrogens with zero attached hydrogens (tertiary/aromatic N) is 1. The van der Waals surface area contributed by atoms with E-state index in [-0.39, 0.29) is 11.1 Å². The molecule has 4 heteroatoms. The molecule has 0 heterocycles. The molecule has 0 atom stereocenters. The van der Waals surface area contributed by atoms with E-state index in [0.29, 0.717) is 0 Å². The third kappa shape index (κ3) is 10.8. The lowest BCUT2D eigenvalue weighted by Gasteiger charge is -2.00. The van der Waals surface area contributed by atoms with E-state index in [9.17, 15) is 9.28 Å². The average molecular weight is 111 g/mol. The van der Waals surface area contributed by atoms with E-state index in [2.05, 4.69) is 0 Å². The number of carbonyl (C=O) groups excluding carboxylic acids is 1. The molecular weight excluding hydrogens is 104 g/mol. The van der Waals surface area contributed by atoms with Gasteiger partial charge in [0.2, 0.25) is 0 Å². The summed E-state index contributed by atoms with van der Waals surface area (Å²) in [6.45, 7) is 0. The van der Waals surface area contributed by atoms with E-state index in [1.165, 1.54) is 0 Å². The zero-order valence-corrected chi connectivity index (χ0v) is 4.19. The fraction of sp³-hybridized carbons (Fsp3) is 0.667. The highest BCUT2D eigenvalue weighted by Gasteiger charge is 2.08. The SMILES string of the molecule is C[N+](C)(F)C=O.[F-]. The van der Waals surface area contributed by atoms with Gasteiger partial charge in [-0.05, 0) is 0 Å². The number of hydrogen-bond acceptors (Lipinski definition) is 1. The van der Waals surface area contributed by atoms with Crippen LogP contribution in [0.25, 0.3) is 0 Å². The second kappa shape index (κ2) is 2.63. The minimum absolute atomic E-state index is 0. The second-order valence-electron chi connectivity index (χ2n) is 1.50. The van der Waals surface area contributed by atoms with Gasteiger partial charge < -0.3 is 4.70 Å². The maximum Gasteiger partial charge on any atom is 0.338 e. The molecule has 0 saturated heterocycles. The summed E-state index contributed by atoms with van der Waals surface area (Å²) in [4.78, 5) is 9.42. The molecule has 1 amide bonds. The van der Waals surface area contributed by atoms with Gasteiger partial charge in [-0.3, -0.25) is 0 Å². The van der Waals surface area contributed by atoms with Gasteiger partial charge in [0.05, 0.1) is 0 Å². The number of hydrogen-bond donors (Lipinski definition) is 0. The Bertz CT molecular complexity index is 58.4. The van der Waals surface area contributed by atoms with Crippen LogP contribution in [0.15, 0.2) is 0 Å². The Hall–Kier alpha value is -0.510. The van der Waals surface area contributed by atoms with Gasteiger partial charge in [0.25, 0.3) is 0 Å². The van der Waals surface area contributed by atoms with Gasteiger partial charge in [0, 0.05) is 4.48 Å². The lowest BCUT2D eigenvalue weighted by Crippen LogP contribution is -3.00. The van der Waals surface area contributed by atoms with Gasteiger partial charge >= 0.3 is 6.41 Å². The van der Waals surface area contributed by atoms with E-state index in [1.54, 1.807) is 0 Å². The number of halogens is 2. The van der Waals surface area contributed by atoms with Crippen LogP contribution in [0.2, 0.25) is 0 Å². The van der Waals surface area contributed by atoms with Crippen molar-refractivity contribution in [2.45, 2.75) is 0 Å². The molecule has 0 rings (SSSR count). The predicted octanol–water partition coefficient (Wildman–Crippen LogP) is -2.89. The molecule has 0 spiro atoms. The molecule has 0 N–H and O–H groups in total. The first kappa shape index (κ1) is 9.70. The lowest BCUT2D eigenvalue weighted by atomic mass is 11.0. The summed E-state index contributed by atoms with van der Waals surface area (Å²) >= 11 is 0. The third-order valence-corrected chi connectivity index (χ3v) is 0.251. The highest BCUT2D eigenvalue weighted by atomic mass is 19.2. The Balaban J connectivity index is 0. The van der Waals surface area contributed by atoms with Crippen molar-refractivity contribution in [3.05, 3.63) is 0 Å². The largest absolute Gasteiger partial charge is 1.00 e. The third-order valence-electron chi connectivity index (χ3n) is 0.251. The van der Waals surface area contributed by atoms with Gasteiger partial charge in [-0.2, -0.15) is 0 Å². The molecule has 0 saturated carbocycles. The molecule has 0 fully saturated rings. The van der Waals surface area contributed by atoms with Crippen LogP contribution >= 0.6 is 0 Å². The predicted molar refractivity (Wildman–Crippen MR) is 19.3 cm³/mol. The molecule has 0 aliphatic carbocycles.